The number of anilines is 2. The highest BCUT2D eigenvalue weighted by Crippen LogP contribution is 2.29. The molecular weight excluding hydrogens is 330 g/mol. The highest BCUT2D eigenvalue weighted by Gasteiger charge is 2.20. The first-order chi connectivity index (χ1) is 12.0. The summed E-state index contributed by atoms with van der Waals surface area (Å²) in [5, 5.41) is 15.5. The molecule has 0 aliphatic carbocycles. The first-order valence-corrected chi connectivity index (χ1v) is 7.04. The molecule has 0 spiro atoms. The highest BCUT2D eigenvalue weighted by molar-refractivity contribution is 6.44. The van der Waals surface area contributed by atoms with Gasteiger partial charge in [-0.05, 0) is 18.2 Å². The lowest BCUT2D eigenvalue weighted by molar-refractivity contribution is -0.383. The lowest BCUT2D eigenvalue weighted by Crippen LogP contribution is -2.29. The Balaban J connectivity index is 2.14. The van der Waals surface area contributed by atoms with E-state index in [0.29, 0.717) is 11.5 Å². The van der Waals surface area contributed by atoms with Gasteiger partial charge in [0.15, 0.2) is 0 Å². The van der Waals surface area contributed by atoms with E-state index >= 15 is 0 Å². The number of carbonyl (C=O) groups excluding carboxylic acids is 2. The van der Waals surface area contributed by atoms with Crippen molar-refractivity contribution in [3.8, 4) is 11.5 Å². The Morgan fingerprint density at radius 3 is 2.20 bits per heavy atom. The first-order valence-electron chi connectivity index (χ1n) is 7.04. The van der Waals surface area contributed by atoms with Crippen LogP contribution in [0.2, 0.25) is 0 Å². The van der Waals surface area contributed by atoms with Crippen LogP contribution in [0.3, 0.4) is 0 Å². The Morgan fingerprint density at radius 1 is 0.960 bits per heavy atom. The van der Waals surface area contributed by atoms with Crippen LogP contribution in [0.15, 0.2) is 42.5 Å². The van der Waals surface area contributed by atoms with Crippen LogP contribution in [0.1, 0.15) is 0 Å². The molecule has 2 amide bonds. The van der Waals surface area contributed by atoms with Gasteiger partial charge in [-0.15, -0.1) is 0 Å². The molecule has 0 aliphatic heterocycles. The van der Waals surface area contributed by atoms with Crippen molar-refractivity contribution >= 4 is 28.9 Å². The number of methoxy groups -OCH3 is 2. The number of para-hydroxylation sites is 2. The molecule has 130 valence electrons. The van der Waals surface area contributed by atoms with Gasteiger partial charge >= 0.3 is 11.8 Å². The number of nitrogens with one attached hydrogen (secondary N) is 2. The van der Waals surface area contributed by atoms with Crippen LogP contribution in [0, 0.1) is 10.1 Å². The highest BCUT2D eigenvalue weighted by atomic mass is 16.6. The number of ether oxygens (including phenoxy) is 2. The summed E-state index contributed by atoms with van der Waals surface area (Å²) in [6, 6.07) is 10.1. The van der Waals surface area contributed by atoms with Gasteiger partial charge < -0.3 is 20.1 Å². The maximum absolute atomic E-state index is 12.0. The lowest BCUT2D eigenvalue weighted by atomic mass is 10.2. The van der Waals surface area contributed by atoms with E-state index in [2.05, 4.69) is 10.6 Å². The van der Waals surface area contributed by atoms with E-state index in [1.165, 1.54) is 50.6 Å². The Hall–Kier alpha value is -3.62. The summed E-state index contributed by atoms with van der Waals surface area (Å²) in [5.74, 6) is -1.24. The fourth-order valence-electron chi connectivity index (χ4n) is 2.00. The molecule has 2 aromatic rings. The molecule has 2 aromatic carbocycles. The minimum atomic E-state index is -1.05. The summed E-state index contributed by atoms with van der Waals surface area (Å²) in [5.41, 5.74) is -0.133. The summed E-state index contributed by atoms with van der Waals surface area (Å²) in [6.45, 7) is 0. The summed E-state index contributed by atoms with van der Waals surface area (Å²) < 4.78 is 10.2. The van der Waals surface area contributed by atoms with Gasteiger partial charge in [0.1, 0.15) is 17.2 Å². The van der Waals surface area contributed by atoms with E-state index in [-0.39, 0.29) is 17.1 Å². The number of hydrogen-bond acceptors (Lipinski definition) is 6. The smallest absolute Gasteiger partial charge is 0.314 e. The SMILES string of the molecule is COc1ccc(NC(=O)C(=O)Nc2ccccc2[N+](=O)[O-])c(OC)c1. The second kappa shape index (κ2) is 7.77. The lowest BCUT2D eigenvalue weighted by Gasteiger charge is -2.11. The minimum Gasteiger partial charge on any atom is -0.497 e. The van der Waals surface area contributed by atoms with Gasteiger partial charge in [0, 0.05) is 12.1 Å². The molecule has 0 heterocycles. The van der Waals surface area contributed by atoms with Crippen molar-refractivity contribution in [3.63, 3.8) is 0 Å². The average Bonchev–Trinajstić information content (AvgIpc) is 2.62. The molecule has 25 heavy (non-hydrogen) atoms. The zero-order chi connectivity index (χ0) is 18.4. The number of hydrogen-bond donors (Lipinski definition) is 2. The van der Waals surface area contributed by atoms with E-state index in [1.807, 2.05) is 0 Å². The molecule has 2 rings (SSSR count). The largest absolute Gasteiger partial charge is 0.497 e. The molecule has 0 aliphatic rings. The number of nitrogens with zero attached hydrogens (tertiary/aromatic N) is 1. The zero-order valence-corrected chi connectivity index (χ0v) is 13.4. The van der Waals surface area contributed by atoms with E-state index in [4.69, 9.17) is 9.47 Å². The van der Waals surface area contributed by atoms with E-state index < -0.39 is 16.7 Å². The topological polar surface area (TPSA) is 120 Å². The first kappa shape index (κ1) is 17.7. The summed E-state index contributed by atoms with van der Waals surface area (Å²) in [7, 11) is 2.88. The fourth-order valence-corrected chi connectivity index (χ4v) is 2.00. The zero-order valence-electron chi connectivity index (χ0n) is 13.4. The van der Waals surface area contributed by atoms with Gasteiger partial charge in [0.05, 0.1) is 24.8 Å². The number of rotatable bonds is 5. The predicted octanol–water partition coefficient (Wildman–Crippen LogP) is 2.19. The quantitative estimate of drug-likeness (QED) is 0.487. The van der Waals surface area contributed by atoms with Crippen LogP contribution >= 0.6 is 0 Å². The van der Waals surface area contributed by atoms with Gasteiger partial charge in [-0.25, -0.2) is 0 Å². The molecule has 0 bridgehead atoms. The summed E-state index contributed by atoms with van der Waals surface area (Å²) >= 11 is 0. The molecule has 0 unspecified atom stereocenters. The number of nitro benzene ring substituents is 1. The second-order valence-electron chi connectivity index (χ2n) is 4.75. The number of amides is 2. The van der Waals surface area contributed by atoms with Crippen LogP contribution in [-0.2, 0) is 9.59 Å². The van der Waals surface area contributed by atoms with Gasteiger partial charge in [-0.2, -0.15) is 0 Å². The van der Waals surface area contributed by atoms with Crippen molar-refractivity contribution in [2.24, 2.45) is 0 Å². The molecule has 0 aromatic heterocycles. The molecule has 0 fully saturated rings. The third-order valence-corrected chi connectivity index (χ3v) is 3.21. The van der Waals surface area contributed by atoms with Crippen molar-refractivity contribution in [1.29, 1.82) is 0 Å². The van der Waals surface area contributed by atoms with Crippen molar-refractivity contribution < 1.29 is 24.0 Å². The molecule has 9 heteroatoms. The Labute approximate surface area is 142 Å². The Bertz CT molecular complexity index is 821. The molecule has 0 saturated heterocycles. The van der Waals surface area contributed by atoms with E-state index in [9.17, 15) is 19.7 Å². The maximum atomic E-state index is 12.0. The maximum Gasteiger partial charge on any atom is 0.314 e. The second-order valence-corrected chi connectivity index (χ2v) is 4.75. The van der Waals surface area contributed by atoms with Gasteiger partial charge in [-0.1, -0.05) is 12.1 Å². The molecule has 0 atom stereocenters. The van der Waals surface area contributed by atoms with Crippen LogP contribution in [0.25, 0.3) is 0 Å². The van der Waals surface area contributed by atoms with Crippen LogP contribution < -0.4 is 20.1 Å². The number of carbonyl (C=O) groups is 2. The van der Waals surface area contributed by atoms with Crippen LogP contribution in [0.5, 0.6) is 11.5 Å². The Kier molecular flexibility index (Phi) is 5.51. The minimum absolute atomic E-state index is 0.0747. The van der Waals surface area contributed by atoms with E-state index in [1.54, 1.807) is 6.07 Å². The monoisotopic (exact) mass is 345 g/mol. The Morgan fingerprint density at radius 2 is 1.60 bits per heavy atom. The van der Waals surface area contributed by atoms with Crippen molar-refractivity contribution in [2.45, 2.75) is 0 Å². The predicted molar refractivity (Wildman–Crippen MR) is 89.9 cm³/mol. The van der Waals surface area contributed by atoms with Crippen molar-refractivity contribution in [1.82, 2.24) is 0 Å². The number of benzene rings is 2. The third kappa shape index (κ3) is 4.22. The fraction of sp³-hybridized carbons (Fsp3) is 0.125. The van der Waals surface area contributed by atoms with Gasteiger partial charge in [0.25, 0.3) is 5.69 Å². The summed E-state index contributed by atoms with van der Waals surface area (Å²) in [4.78, 5) is 34.3. The third-order valence-electron chi connectivity index (χ3n) is 3.21. The van der Waals surface area contributed by atoms with Gasteiger partial charge in [0.2, 0.25) is 0 Å². The van der Waals surface area contributed by atoms with Gasteiger partial charge in [-0.3, -0.25) is 19.7 Å². The average molecular weight is 345 g/mol. The van der Waals surface area contributed by atoms with E-state index in [0.717, 1.165) is 0 Å². The molecule has 9 nitrogen and oxygen atoms in total. The molecular formula is C16H15N3O6. The molecule has 2 N–H and O–H groups in total. The summed E-state index contributed by atoms with van der Waals surface area (Å²) in [6.07, 6.45) is 0. The van der Waals surface area contributed by atoms with Crippen LogP contribution in [-0.4, -0.2) is 31.0 Å². The normalized spacial score (nSPS) is 9.84. The van der Waals surface area contributed by atoms with Crippen molar-refractivity contribution in [3.05, 3.63) is 52.6 Å². The molecule has 0 saturated carbocycles. The van der Waals surface area contributed by atoms with Crippen LogP contribution in [0.4, 0.5) is 17.1 Å². The standard InChI is InChI=1S/C16H15N3O6/c1-24-10-7-8-12(14(9-10)25-2)18-16(21)15(20)17-11-5-3-4-6-13(11)19(22)23/h3-9H,1-2H3,(H,17,20)(H,18,21). The molecule has 0 radical (unpaired) electrons. The number of nitro groups is 1. The van der Waals surface area contributed by atoms with Crippen molar-refractivity contribution in [2.75, 3.05) is 24.9 Å².